The molecule has 1 N–H and O–H groups in total. The lowest BCUT2D eigenvalue weighted by Gasteiger charge is -2.04. The summed E-state index contributed by atoms with van der Waals surface area (Å²) in [6, 6.07) is 15.3. The van der Waals surface area contributed by atoms with E-state index in [-0.39, 0.29) is 5.91 Å². The van der Waals surface area contributed by atoms with Crippen molar-refractivity contribution in [3.05, 3.63) is 71.7 Å². The summed E-state index contributed by atoms with van der Waals surface area (Å²) in [7, 11) is 0. The molecule has 112 valence electrons. The number of nitrogens with one attached hydrogen (secondary N) is 1. The van der Waals surface area contributed by atoms with Crippen LogP contribution in [0.2, 0.25) is 0 Å². The number of amides is 1. The molecule has 0 saturated carbocycles. The number of furan rings is 2. The molecular formula is C18H17NO3. The van der Waals surface area contributed by atoms with Crippen LogP contribution in [-0.4, -0.2) is 5.91 Å². The second-order valence-electron chi connectivity index (χ2n) is 5.19. The fraction of sp³-hybridized carbons (Fsp3) is 0.167. The Kier molecular flexibility index (Phi) is 4.10. The largest absolute Gasteiger partial charge is 0.461 e. The van der Waals surface area contributed by atoms with Crippen molar-refractivity contribution in [3.63, 3.8) is 0 Å². The normalized spacial score (nSPS) is 10.6. The first kappa shape index (κ1) is 14.2. The van der Waals surface area contributed by atoms with Crippen LogP contribution in [0.5, 0.6) is 0 Å². The van der Waals surface area contributed by atoms with Gasteiger partial charge in [-0.2, -0.15) is 0 Å². The van der Waals surface area contributed by atoms with Crippen molar-refractivity contribution >= 4 is 5.91 Å². The fourth-order valence-electron chi connectivity index (χ4n) is 2.28. The maximum Gasteiger partial charge on any atom is 0.224 e. The van der Waals surface area contributed by atoms with E-state index < -0.39 is 0 Å². The van der Waals surface area contributed by atoms with Crippen molar-refractivity contribution in [2.45, 2.75) is 19.9 Å². The Morgan fingerprint density at radius 2 is 2.00 bits per heavy atom. The summed E-state index contributed by atoms with van der Waals surface area (Å²) < 4.78 is 10.9. The minimum atomic E-state index is -0.0263. The summed E-state index contributed by atoms with van der Waals surface area (Å²) in [5.74, 6) is 2.01. The van der Waals surface area contributed by atoms with Gasteiger partial charge in [0.25, 0.3) is 0 Å². The molecular weight excluding hydrogens is 278 g/mol. The predicted octanol–water partition coefficient (Wildman–Crippen LogP) is 3.71. The summed E-state index contributed by atoms with van der Waals surface area (Å²) in [5, 5.41) is 2.86. The van der Waals surface area contributed by atoms with Crippen LogP contribution in [0.3, 0.4) is 0 Å². The standard InChI is InChI=1S/C18H17NO3/c1-13-4-2-5-14(10-13)11-18(20)19-12-15-7-8-17(22-15)16-6-3-9-21-16/h2-10H,11-12H2,1H3,(H,19,20). The van der Waals surface area contributed by atoms with Gasteiger partial charge in [0.05, 0.1) is 19.2 Å². The Bertz CT molecular complexity index is 756. The van der Waals surface area contributed by atoms with E-state index >= 15 is 0 Å². The third kappa shape index (κ3) is 3.47. The average molecular weight is 295 g/mol. The summed E-state index contributed by atoms with van der Waals surface area (Å²) in [5.41, 5.74) is 2.16. The van der Waals surface area contributed by atoms with E-state index in [1.807, 2.05) is 49.4 Å². The van der Waals surface area contributed by atoms with E-state index in [1.54, 1.807) is 12.3 Å². The zero-order chi connectivity index (χ0) is 15.4. The van der Waals surface area contributed by atoms with Crippen molar-refractivity contribution in [3.8, 4) is 11.5 Å². The van der Waals surface area contributed by atoms with Crippen molar-refractivity contribution in [1.82, 2.24) is 5.32 Å². The minimum Gasteiger partial charge on any atom is -0.461 e. The molecule has 1 aromatic carbocycles. The smallest absolute Gasteiger partial charge is 0.224 e. The van der Waals surface area contributed by atoms with Crippen LogP contribution >= 0.6 is 0 Å². The quantitative estimate of drug-likeness (QED) is 0.780. The van der Waals surface area contributed by atoms with Gasteiger partial charge in [-0.05, 0) is 36.8 Å². The highest BCUT2D eigenvalue weighted by molar-refractivity contribution is 5.78. The number of carbonyl (C=O) groups excluding carboxylic acids is 1. The lowest BCUT2D eigenvalue weighted by atomic mass is 10.1. The van der Waals surface area contributed by atoms with Crippen LogP contribution in [0.25, 0.3) is 11.5 Å². The monoisotopic (exact) mass is 295 g/mol. The van der Waals surface area contributed by atoms with Crippen LogP contribution in [0.1, 0.15) is 16.9 Å². The van der Waals surface area contributed by atoms with Crippen molar-refractivity contribution in [1.29, 1.82) is 0 Å². The number of hydrogen-bond donors (Lipinski definition) is 1. The summed E-state index contributed by atoms with van der Waals surface area (Å²) in [4.78, 5) is 12.0. The molecule has 0 radical (unpaired) electrons. The third-order valence-corrected chi connectivity index (χ3v) is 3.33. The Labute approximate surface area is 128 Å². The molecule has 22 heavy (non-hydrogen) atoms. The van der Waals surface area contributed by atoms with Crippen molar-refractivity contribution in [2.24, 2.45) is 0 Å². The van der Waals surface area contributed by atoms with Gasteiger partial charge in [-0.15, -0.1) is 0 Å². The second kappa shape index (κ2) is 6.35. The molecule has 3 aromatic rings. The molecule has 0 aliphatic rings. The first-order valence-corrected chi connectivity index (χ1v) is 7.15. The highest BCUT2D eigenvalue weighted by Crippen LogP contribution is 2.22. The fourth-order valence-corrected chi connectivity index (χ4v) is 2.28. The number of hydrogen-bond acceptors (Lipinski definition) is 3. The zero-order valence-electron chi connectivity index (χ0n) is 12.3. The maximum absolute atomic E-state index is 12.0. The molecule has 0 spiro atoms. The van der Waals surface area contributed by atoms with Crippen LogP contribution in [0.15, 0.2) is 63.6 Å². The van der Waals surface area contributed by atoms with Gasteiger partial charge in [-0.3, -0.25) is 4.79 Å². The highest BCUT2D eigenvalue weighted by atomic mass is 16.4. The van der Waals surface area contributed by atoms with E-state index in [2.05, 4.69) is 5.32 Å². The van der Waals surface area contributed by atoms with Gasteiger partial charge in [-0.25, -0.2) is 0 Å². The first-order valence-electron chi connectivity index (χ1n) is 7.15. The van der Waals surface area contributed by atoms with Gasteiger partial charge in [0.15, 0.2) is 11.5 Å². The summed E-state index contributed by atoms with van der Waals surface area (Å²) in [6.45, 7) is 2.38. The van der Waals surface area contributed by atoms with Crippen LogP contribution < -0.4 is 5.32 Å². The highest BCUT2D eigenvalue weighted by Gasteiger charge is 2.08. The predicted molar refractivity (Wildman–Crippen MR) is 83.1 cm³/mol. The molecule has 2 heterocycles. The number of rotatable bonds is 5. The first-order chi connectivity index (χ1) is 10.7. The van der Waals surface area contributed by atoms with Gasteiger partial charge in [0, 0.05) is 0 Å². The molecule has 0 saturated heterocycles. The van der Waals surface area contributed by atoms with Crippen LogP contribution in [0, 0.1) is 6.92 Å². The Morgan fingerprint density at radius 3 is 2.77 bits per heavy atom. The Balaban J connectivity index is 1.55. The molecule has 0 fully saturated rings. The molecule has 4 heteroatoms. The minimum absolute atomic E-state index is 0.0263. The van der Waals surface area contributed by atoms with Crippen LogP contribution in [0.4, 0.5) is 0 Å². The van der Waals surface area contributed by atoms with E-state index in [1.165, 1.54) is 0 Å². The zero-order valence-corrected chi connectivity index (χ0v) is 12.3. The molecule has 3 rings (SSSR count). The van der Waals surface area contributed by atoms with Gasteiger partial charge >= 0.3 is 0 Å². The van der Waals surface area contributed by atoms with Gasteiger partial charge in [-0.1, -0.05) is 29.8 Å². The van der Waals surface area contributed by atoms with E-state index in [0.29, 0.717) is 30.2 Å². The van der Waals surface area contributed by atoms with Crippen LogP contribution in [-0.2, 0) is 17.8 Å². The summed E-state index contributed by atoms with van der Waals surface area (Å²) in [6.07, 6.45) is 1.97. The molecule has 0 aliphatic heterocycles. The lowest BCUT2D eigenvalue weighted by molar-refractivity contribution is -0.120. The SMILES string of the molecule is Cc1cccc(CC(=O)NCc2ccc(-c3ccco3)o2)c1. The molecule has 0 atom stereocenters. The molecule has 0 bridgehead atoms. The Morgan fingerprint density at radius 1 is 1.09 bits per heavy atom. The Hall–Kier alpha value is -2.75. The average Bonchev–Trinajstić information content (AvgIpc) is 3.16. The molecule has 0 unspecified atom stereocenters. The van der Waals surface area contributed by atoms with E-state index in [0.717, 1.165) is 11.1 Å². The van der Waals surface area contributed by atoms with E-state index in [9.17, 15) is 4.79 Å². The van der Waals surface area contributed by atoms with Crippen molar-refractivity contribution < 1.29 is 13.6 Å². The molecule has 4 nitrogen and oxygen atoms in total. The molecule has 0 aliphatic carbocycles. The van der Waals surface area contributed by atoms with Gasteiger partial charge < -0.3 is 14.2 Å². The number of aryl methyl sites for hydroxylation is 1. The van der Waals surface area contributed by atoms with Crippen molar-refractivity contribution in [2.75, 3.05) is 0 Å². The maximum atomic E-state index is 12.0. The molecule has 2 aromatic heterocycles. The lowest BCUT2D eigenvalue weighted by Crippen LogP contribution is -2.24. The van der Waals surface area contributed by atoms with Gasteiger partial charge in [0.1, 0.15) is 5.76 Å². The van der Waals surface area contributed by atoms with Gasteiger partial charge in [0.2, 0.25) is 5.91 Å². The third-order valence-electron chi connectivity index (χ3n) is 3.33. The second-order valence-corrected chi connectivity index (χ2v) is 5.19. The summed E-state index contributed by atoms with van der Waals surface area (Å²) >= 11 is 0. The number of benzene rings is 1. The topological polar surface area (TPSA) is 55.4 Å². The van der Waals surface area contributed by atoms with E-state index in [4.69, 9.17) is 8.83 Å². The number of carbonyl (C=O) groups is 1. The molecule has 1 amide bonds.